The van der Waals surface area contributed by atoms with Gasteiger partial charge in [-0.15, -0.1) is 22.7 Å². The van der Waals surface area contributed by atoms with Gasteiger partial charge in [-0.3, -0.25) is 4.79 Å². The summed E-state index contributed by atoms with van der Waals surface area (Å²) in [6.07, 6.45) is 1.96. The van der Waals surface area contributed by atoms with Gasteiger partial charge in [0.2, 0.25) is 0 Å². The number of carbonyl (C=O) groups excluding carboxylic acids is 1. The Bertz CT molecular complexity index is 1230. The fraction of sp³-hybridized carbons (Fsp3) is 0.333. The normalized spacial score (nSPS) is 16.8. The first-order valence-corrected chi connectivity index (χ1v) is 10.3. The zero-order valence-corrected chi connectivity index (χ0v) is 20.1. The summed E-state index contributed by atoms with van der Waals surface area (Å²) >= 11 is 0. The third-order valence-corrected chi connectivity index (χ3v) is 5.94. The van der Waals surface area contributed by atoms with E-state index in [4.69, 9.17) is 15.2 Å². The number of H-pyrrole nitrogens is 1. The number of imidazole rings is 1. The third-order valence-electron chi connectivity index (χ3n) is 5.94. The van der Waals surface area contributed by atoms with Gasteiger partial charge < -0.3 is 20.2 Å². The number of rotatable bonds is 6. The Morgan fingerprint density at radius 2 is 1.88 bits per heavy atom. The Kier molecular flexibility index (Phi) is 6.48. The molecule has 175 valence electrons. The quantitative estimate of drug-likeness (QED) is 0.521. The maximum Gasteiger partial charge on any atom is 0.250 e. The largest absolute Gasteiger partial charge is 0.493 e. The lowest BCUT2D eigenvalue weighted by molar-refractivity contribution is -0.239. The molecule has 0 saturated heterocycles. The number of hydrogen-bond acceptors (Lipinski definition) is 5. The Balaban J connectivity index is 0.00000306. The predicted molar refractivity (Wildman–Crippen MR) is 128 cm³/mol. The summed E-state index contributed by atoms with van der Waals surface area (Å²) in [4.78, 5) is 19.5. The predicted octanol–water partition coefficient (Wildman–Crippen LogP) is 4.28. The molecule has 3 N–H and O–H groups in total. The van der Waals surface area contributed by atoms with Gasteiger partial charge in [0.25, 0.3) is 5.91 Å². The topological polar surface area (TPSA) is 113 Å². The Morgan fingerprint density at radius 1 is 1.15 bits per heavy atom. The average Bonchev–Trinajstić information content (AvgIpc) is 3.25. The second-order valence-corrected chi connectivity index (χ2v) is 8.98. The maximum absolute atomic E-state index is 12.6. The van der Waals surface area contributed by atoms with Gasteiger partial charge >= 0.3 is 0 Å². The molecule has 0 unspecified atom stereocenters. The minimum Gasteiger partial charge on any atom is -0.493 e. The van der Waals surface area contributed by atoms with Crippen LogP contribution in [0.1, 0.15) is 38.1 Å². The van der Waals surface area contributed by atoms with E-state index in [1.807, 2.05) is 52.0 Å². The Labute approximate surface area is 198 Å². The lowest BCUT2D eigenvalue weighted by Gasteiger charge is -2.33. The lowest BCUT2D eigenvalue weighted by atomic mass is 9.97. The zero-order valence-electron chi connectivity index (χ0n) is 19.3. The van der Waals surface area contributed by atoms with E-state index < -0.39 is 17.0 Å². The molecule has 33 heavy (non-hydrogen) atoms. The smallest absolute Gasteiger partial charge is 0.250 e. The molecule has 0 saturated carbocycles. The highest BCUT2D eigenvalue weighted by molar-refractivity contribution is 6.04. The molecule has 2 heterocycles. The number of aromatic nitrogens is 2. The van der Waals surface area contributed by atoms with Crippen molar-refractivity contribution >= 4 is 29.3 Å². The minimum absolute atomic E-state index is 0. The number of nitrogens with one attached hydrogen (secondary N) is 1. The molecule has 1 radical (unpaired) electrons. The number of nitrogens with two attached hydrogens (primary N) is 1. The standard InChI is InChI=1S/C24H27N4O4.ClH/c1-23(2)12-15(24(3,4)28(23)30)13-32-18-10-9-14(11-19(18)31-5)22-26-17-8-6-7-16(21(25)29)20(17)27-22;/h6-12H,13H2,1-5H3,(H2,25,29)(H,26,27);1H. The van der Waals surface area contributed by atoms with Crippen molar-refractivity contribution in [2.24, 2.45) is 5.73 Å². The molecule has 3 aromatic rings. The molecular weight excluding hydrogens is 444 g/mol. The molecule has 1 aromatic heterocycles. The summed E-state index contributed by atoms with van der Waals surface area (Å²) in [7, 11) is 1.57. The van der Waals surface area contributed by atoms with Crippen molar-refractivity contribution in [2.75, 3.05) is 13.7 Å². The van der Waals surface area contributed by atoms with E-state index in [1.54, 1.807) is 25.3 Å². The monoisotopic (exact) mass is 471 g/mol. The summed E-state index contributed by atoms with van der Waals surface area (Å²) in [5, 5.41) is 13.7. The van der Waals surface area contributed by atoms with Crippen molar-refractivity contribution in [3.63, 3.8) is 0 Å². The number of fused-ring (bicyclic) bond motifs is 1. The van der Waals surface area contributed by atoms with Crippen molar-refractivity contribution in [1.29, 1.82) is 0 Å². The van der Waals surface area contributed by atoms with Crippen LogP contribution in [-0.4, -0.2) is 45.7 Å². The zero-order chi connectivity index (χ0) is 23.3. The second-order valence-electron chi connectivity index (χ2n) is 8.98. The molecule has 1 aliphatic rings. The second kappa shape index (κ2) is 8.70. The van der Waals surface area contributed by atoms with E-state index in [2.05, 4.69) is 9.97 Å². The van der Waals surface area contributed by atoms with Crippen molar-refractivity contribution < 1.29 is 19.5 Å². The SMILES string of the molecule is COc1cc(-c2nc3c(C(N)=O)cccc3[nH]2)ccc1OCC1=CC(C)(C)N([O])C1(C)C.Cl. The highest BCUT2D eigenvalue weighted by Gasteiger charge is 2.46. The first-order chi connectivity index (χ1) is 15.0. The summed E-state index contributed by atoms with van der Waals surface area (Å²) in [6, 6.07) is 10.7. The van der Waals surface area contributed by atoms with Crippen LogP contribution in [0.4, 0.5) is 0 Å². The molecule has 4 rings (SSSR count). The summed E-state index contributed by atoms with van der Waals surface area (Å²) in [5.41, 5.74) is 7.52. The number of para-hydroxylation sites is 1. The van der Waals surface area contributed by atoms with Crippen molar-refractivity contribution in [1.82, 2.24) is 15.0 Å². The first-order valence-electron chi connectivity index (χ1n) is 10.3. The summed E-state index contributed by atoms with van der Waals surface area (Å²) < 4.78 is 11.6. The number of benzene rings is 2. The summed E-state index contributed by atoms with van der Waals surface area (Å²) in [5.74, 6) is 1.15. The van der Waals surface area contributed by atoms with E-state index in [1.165, 1.54) is 0 Å². The average molecular weight is 472 g/mol. The number of nitrogens with zero attached hydrogens (tertiary/aromatic N) is 2. The van der Waals surface area contributed by atoms with E-state index in [0.29, 0.717) is 28.4 Å². The van der Waals surface area contributed by atoms with Crippen LogP contribution < -0.4 is 15.2 Å². The molecule has 1 amide bonds. The van der Waals surface area contributed by atoms with Crippen LogP contribution in [0.2, 0.25) is 0 Å². The Morgan fingerprint density at radius 3 is 2.48 bits per heavy atom. The number of primary amides is 1. The van der Waals surface area contributed by atoms with E-state index in [9.17, 15) is 10.0 Å². The molecule has 2 aromatic carbocycles. The van der Waals surface area contributed by atoms with Gasteiger partial charge in [0.05, 0.1) is 29.3 Å². The number of ether oxygens (including phenoxy) is 2. The number of carbonyl (C=O) groups is 1. The van der Waals surface area contributed by atoms with E-state index >= 15 is 0 Å². The molecular formula is C24H28ClN4O4. The molecule has 0 aliphatic carbocycles. The van der Waals surface area contributed by atoms with Crippen LogP contribution in [0, 0.1) is 0 Å². The third kappa shape index (κ3) is 4.29. The van der Waals surface area contributed by atoms with Crippen molar-refractivity contribution in [3.05, 3.63) is 53.6 Å². The molecule has 8 nitrogen and oxygen atoms in total. The molecule has 1 aliphatic heterocycles. The van der Waals surface area contributed by atoms with Crippen LogP contribution >= 0.6 is 12.4 Å². The molecule has 0 fully saturated rings. The van der Waals surface area contributed by atoms with Gasteiger partial charge in [0.1, 0.15) is 17.9 Å². The van der Waals surface area contributed by atoms with Crippen LogP contribution in [0.5, 0.6) is 11.5 Å². The van der Waals surface area contributed by atoms with E-state index in [-0.39, 0.29) is 19.0 Å². The highest BCUT2D eigenvalue weighted by Crippen LogP contribution is 2.40. The van der Waals surface area contributed by atoms with Gasteiger partial charge in [-0.1, -0.05) is 12.1 Å². The van der Waals surface area contributed by atoms with E-state index in [0.717, 1.165) is 21.7 Å². The van der Waals surface area contributed by atoms with Crippen LogP contribution in [0.3, 0.4) is 0 Å². The number of methoxy groups -OCH3 is 1. The van der Waals surface area contributed by atoms with Gasteiger partial charge in [-0.25, -0.2) is 4.98 Å². The first kappa shape index (κ1) is 24.6. The Hall–Kier alpha value is -3.07. The van der Waals surface area contributed by atoms with Gasteiger partial charge in [0, 0.05) is 5.56 Å². The highest BCUT2D eigenvalue weighted by atomic mass is 35.5. The number of halogens is 1. The van der Waals surface area contributed by atoms with Crippen LogP contribution in [0.25, 0.3) is 22.4 Å². The van der Waals surface area contributed by atoms with Gasteiger partial charge in [0.15, 0.2) is 11.5 Å². The molecule has 0 spiro atoms. The van der Waals surface area contributed by atoms with Gasteiger partial charge in [-0.2, -0.15) is 0 Å². The van der Waals surface area contributed by atoms with Crippen molar-refractivity contribution in [2.45, 2.75) is 38.8 Å². The van der Waals surface area contributed by atoms with Gasteiger partial charge in [-0.05, 0) is 63.6 Å². The fourth-order valence-corrected chi connectivity index (χ4v) is 4.19. The molecule has 0 bridgehead atoms. The minimum atomic E-state index is -0.650. The fourth-order valence-electron chi connectivity index (χ4n) is 4.19. The van der Waals surface area contributed by atoms with Crippen LogP contribution in [0.15, 0.2) is 48.0 Å². The molecule has 9 heteroatoms. The summed E-state index contributed by atoms with van der Waals surface area (Å²) in [6.45, 7) is 7.85. The van der Waals surface area contributed by atoms with Crippen molar-refractivity contribution in [3.8, 4) is 22.9 Å². The lowest BCUT2D eigenvalue weighted by Crippen LogP contribution is -2.47. The maximum atomic E-state index is 12.6. The number of aromatic amines is 1. The number of hydroxylamine groups is 2. The molecule has 0 atom stereocenters. The number of hydrogen-bond donors (Lipinski definition) is 2. The van der Waals surface area contributed by atoms with Crippen LogP contribution in [-0.2, 0) is 5.21 Å². The number of amides is 1.